The van der Waals surface area contributed by atoms with Gasteiger partial charge in [0, 0.05) is 20.1 Å². The number of piperidine rings is 1. The molecule has 1 amide bonds. The Hall–Kier alpha value is -1.34. The topological polar surface area (TPSA) is 55.2 Å². The molecule has 1 aliphatic heterocycles. The molecule has 3 heterocycles. The van der Waals surface area contributed by atoms with Crippen molar-refractivity contribution in [3.63, 3.8) is 0 Å². The smallest absolute Gasteiger partial charge is 0.262 e. The molecule has 7 heteroatoms. The molecule has 3 rings (SSSR count). The van der Waals surface area contributed by atoms with Crippen molar-refractivity contribution in [2.45, 2.75) is 37.6 Å². The molecule has 0 radical (unpaired) electrons. The highest BCUT2D eigenvalue weighted by Gasteiger charge is 2.29. The summed E-state index contributed by atoms with van der Waals surface area (Å²) < 4.78 is 1.55. The maximum atomic E-state index is 12.8. The number of hydrogen-bond donors (Lipinski definition) is 0. The van der Waals surface area contributed by atoms with Gasteiger partial charge in [-0.2, -0.15) is 0 Å². The summed E-state index contributed by atoms with van der Waals surface area (Å²) in [6, 6.07) is 1.80. The van der Waals surface area contributed by atoms with Gasteiger partial charge in [0.15, 0.2) is 5.16 Å². The van der Waals surface area contributed by atoms with Crippen LogP contribution in [0, 0.1) is 11.8 Å². The number of carbonyl (C=O) groups excluding carboxylic acids is 1. The molecule has 1 fully saturated rings. The number of rotatable bonds is 3. The first-order chi connectivity index (χ1) is 11.4. The van der Waals surface area contributed by atoms with Crippen LogP contribution in [0.5, 0.6) is 0 Å². The molecule has 2 aromatic rings. The van der Waals surface area contributed by atoms with E-state index >= 15 is 0 Å². The Balaban J connectivity index is 1.79. The summed E-state index contributed by atoms with van der Waals surface area (Å²) in [5, 5.41) is 2.87. The number of thioether (sulfide) groups is 1. The molecule has 1 saturated heterocycles. The quantitative estimate of drug-likeness (QED) is 0.620. The molecule has 130 valence electrons. The van der Waals surface area contributed by atoms with Gasteiger partial charge in [0.25, 0.3) is 5.56 Å². The van der Waals surface area contributed by atoms with Crippen LogP contribution in [0.15, 0.2) is 21.4 Å². The first-order valence-electron chi connectivity index (χ1n) is 8.26. The van der Waals surface area contributed by atoms with E-state index in [0.29, 0.717) is 22.4 Å². The SMILES string of the molecule is C[C@@H]1C[C@H](C)CN(C(=O)[C@H](C)Sc2nc3sccc3c(=O)n2C)C1. The van der Waals surface area contributed by atoms with Crippen LogP contribution in [0.4, 0.5) is 0 Å². The van der Waals surface area contributed by atoms with Crippen molar-refractivity contribution in [1.82, 2.24) is 14.5 Å². The van der Waals surface area contributed by atoms with E-state index in [1.54, 1.807) is 17.7 Å². The fraction of sp³-hybridized carbons (Fsp3) is 0.588. The predicted molar refractivity (Wildman–Crippen MR) is 99.7 cm³/mol. The number of aromatic nitrogens is 2. The lowest BCUT2D eigenvalue weighted by Crippen LogP contribution is -2.45. The highest BCUT2D eigenvalue weighted by atomic mass is 32.2. The van der Waals surface area contributed by atoms with E-state index < -0.39 is 0 Å². The summed E-state index contributed by atoms with van der Waals surface area (Å²) in [5.41, 5.74) is -0.0522. The van der Waals surface area contributed by atoms with Crippen molar-refractivity contribution in [1.29, 1.82) is 0 Å². The van der Waals surface area contributed by atoms with Gasteiger partial charge in [-0.3, -0.25) is 14.2 Å². The van der Waals surface area contributed by atoms with E-state index in [-0.39, 0.29) is 16.7 Å². The van der Waals surface area contributed by atoms with Gasteiger partial charge < -0.3 is 4.90 Å². The van der Waals surface area contributed by atoms with Crippen molar-refractivity contribution in [2.75, 3.05) is 13.1 Å². The molecular formula is C17H23N3O2S2. The molecule has 24 heavy (non-hydrogen) atoms. The molecule has 3 atom stereocenters. The number of fused-ring (bicyclic) bond motifs is 1. The minimum atomic E-state index is -0.252. The first kappa shape index (κ1) is 17.5. The zero-order valence-electron chi connectivity index (χ0n) is 14.5. The summed E-state index contributed by atoms with van der Waals surface area (Å²) in [7, 11) is 1.72. The van der Waals surface area contributed by atoms with Gasteiger partial charge in [0.2, 0.25) is 5.91 Å². The third-order valence-electron chi connectivity index (χ3n) is 4.47. The van der Waals surface area contributed by atoms with E-state index in [1.807, 2.05) is 17.2 Å². The highest BCUT2D eigenvalue weighted by Crippen LogP contribution is 2.27. The molecular weight excluding hydrogens is 342 g/mol. The van der Waals surface area contributed by atoms with Crippen molar-refractivity contribution in [3.05, 3.63) is 21.8 Å². The normalized spacial score (nSPS) is 22.8. The van der Waals surface area contributed by atoms with Crippen LogP contribution < -0.4 is 5.56 Å². The monoisotopic (exact) mass is 365 g/mol. The first-order valence-corrected chi connectivity index (χ1v) is 10.0. The van der Waals surface area contributed by atoms with E-state index in [4.69, 9.17) is 0 Å². The Bertz CT molecular complexity index is 804. The maximum absolute atomic E-state index is 12.8. The lowest BCUT2D eigenvalue weighted by atomic mass is 9.92. The Kier molecular flexibility index (Phi) is 5.01. The standard InChI is InChI=1S/C17H23N3O2S2/c1-10-7-11(2)9-20(8-10)15(21)12(3)24-17-18-14-13(5-6-23-14)16(22)19(17)4/h5-6,10-12H,7-9H2,1-4H3/t10-,11+,12-/m0/s1. The summed E-state index contributed by atoms with van der Waals surface area (Å²) in [5.74, 6) is 1.22. The second kappa shape index (κ2) is 6.88. The zero-order valence-corrected chi connectivity index (χ0v) is 16.1. The Morgan fingerprint density at radius 2 is 2.04 bits per heavy atom. The van der Waals surface area contributed by atoms with Crippen molar-refractivity contribution in [2.24, 2.45) is 18.9 Å². The number of nitrogens with zero attached hydrogens (tertiary/aromatic N) is 3. The van der Waals surface area contributed by atoms with E-state index in [0.717, 1.165) is 17.9 Å². The van der Waals surface area contributed by atoms with Crippen LogP contribution in [0.1, 0.15) is 27.2 Å². The average Bonchev–Trinajstić information content (AvgIpc) is 2.99. The lowest BCUT2D eigenvalue weighted by molar-refractivity contribution is -0.132. The van der Waals surface area contributed by atoms with Crippen LogP contribution in [0.25, 0.3) is 10.2 Å². The number of likely N-dealkylation sites (tertiary alicyclic amines) is 1. The summed E-state index contributed by atoms with van der Waals surface area (Å²) >= 11 is 2.83. The van der Waals surface area contributed by atoms with Crippen molar-refractivity contribution >= 4 is 39.2 Å². The van der Waals surface area contributed by atoms with Crippen molar-refractivity contribution in [3.8, 4) is 0 Å². The lowest BCUT2D eigenvalue weighted by Gasteiger charge is -2.36. The van der Waals surface area contributed by atoms with E-state index in [2.05, 4.69) is 18.8 Å². The number of thiophene rings is 1. The molecule has 0 aliphatic carbocycles. The minimum absolute atomic E-state index is 0.0522. The number of amides is 1. The third-order valence-corrected chi connectivity index (χ3v) is 6.41. The van der Waals surface area contributed by atoms with Gasteiger partial charge in [-0.25, -0.2) is 4.98 Å². The van der Waals surface area contributed by atoms with Gasteiger partial charge >= 0.3 is 0 Å². The van der Waals surface area contributed by atoms with Gasteiger partial charge in [-0.15, -0.1) is 11.3 Å². The van der Waals surface area contributed by atoms with E-state index in [1.165, 1.54) is 29.5 Å². The van der Waals surface area contributed by atoms with Gasteiger partial charge in [-0.05, 0) is 36.6 Å². The second-order valence-electron chi connectivity index (χ2n) is 6.85. The number of hydrogen-bond acceptors (Lipinski definition) is 5. The predicted octanol–water partition coefficient (Wildman–Crippen LogP) is 2.98. The molecule has 0 bridgehead atoms. The minimum Gasteiger partial charge on any atom is -0.341 e. The number of carbonyl (C=O) groups is 1. The third kappa shape index (κ3) is 3.37. The molecule has 0 saturated carbocycles. The Labute approximate surface area is 150 Å². The average molecular weight is 366 g/mol. The Morgan fingerprint density at radius 1 is 1.38 bits per heavy atom. The van der Waals surface area contributed by atoms with Gasteiger partial charge in [-0.1, -0.05) is 25.6 Å². The molecule has 1 aliphatic rings. The second-order valence-corrected chi connectivity index (χ2v) is 9.05. The summed E-state index contributed by atoms with van der Waals surface area (Å²) in [4.78, 5) is 32.4. The largest absolute Gasteiger partial charge is 0.341 e. The fourth-order valence-electron chi connectivity index (χ4n) is 3.39. The summed E-state index contributed by atoms with van der Waals surface area (Å²) in [6.45, 7) is 7.95. The molecule has 2 aromatic heterocycles. The van der Waals surface area contributed by atoms with Crippen LogP contribution in [-0.4, -0.2) is 38.7 Å². The Morgan fingerprint density at radius 3 is 2.71 bits per heavy atom. The van der Waals surface area contributed by atoms with Crippen LogP contribution in [-0.2, 0) is 11.8 Å². The van der Waals surface area contributed by atoms with Crippen LogP contribution in [0.2, 0.25) is 0 Å². The zero-order chi connectivity index (χ0) is 17.4. The van der Waals surface area contributed by atoms with Crippen LogP contribution in [0.3, 0.4) is 0 Å². The fourth-order valence-corrected chi connectivity index (χ4v) is 5.16. The van der Waals surface area contributed by atoms with Crippen LogP contribution >= 0.6 is 23.1 Å². The van der Waals surface area contributed by atoms with E-state index in [9.17, 15) is 9.59 Å². The van der Waals surface area contributed by atoms with Gasteiger partial charge in [0.1, 0.15) is 4.83 Å². The molecule has 0 spiro atoms. The maximum Gasteiger partial charge on any atom is 0.262 e. The molecule has 0 unspecified atom stereocenters. The van der Waals surface area contributed by atoms with Crippen molar-refractivity contribution < 1.29 is 4.79 Å². The molecule has 0 aromatic carbocycles. The highest BCUT2D eigenvalue weighted by molar-refractivity contribution is 8.00. The molecule has 0 N–H and O–H groups in total. The van der Waals surface area contributed by atoms with Gasteiger partial charge in [0.05, 0.1) is 10.6 Å². The summed E-state index contributed by atoms with van der Waals surface area (Å²) in [6.07, 6.45) is 1.18. The molecule has 5 nitrogen and oxygen atoms in total.